The number of esters is 1. The highest BCUT2D eigenvalue weighted by atomic mass is 16.5. The number of unbranched alkanes of at least 4 members (excludes halogenated alkanes) is 5. The number of ether oxygens (including phenoxy) is 2. The van der Waals surface area contributed by atoms with Crippen LogP contribution in [-0.4, -0.2) is 23.7 Å². The maximum absolute atomic E-state index is 12.7. The van der Waals surface area contributed by atoms with E-state index in [9.17, 15) is 14.7 Å². The molecule has 3 aromatic rings. The Balaban J connectivity index is 1.28. The second-order valence-electron chi connectivity index (χ2n) is 9.82. The maximum atomic E-state index is 12.7. The summed E-state index contributed by atoms with van der Waals surface area (Å²) < 4.78 is 11.5. The number of hydrogen-bond acceptors (Lipinski definition) is 4. The molecule has 0 aliphatic heterocycles. The summed E-state index contributed by atoms with van der Waals surface area (Å²) >= 11 is 0. The second-order valence-corrected chi connectivity index (χ2v) is 9.82. The Hall–Kier alpha value is -3.60. The molecule has 4 rings (SSSR count). The molecule has 0 saturated carbocycles. The molecule has 3 aromatic carbocycles. The lowest BCUT2D eigenvalue weighted by Gasteiger charge is -2.21. The van der Waals surface area contributed by atoms with Crippen molar-refractivity contribution in [2.75, 3.05) is 6.61 Å². The zero-order valence-electron chi connectivity index (χ0n) is 21.6. The third-order valence-electron chi connectivity index (χ3n) is 7.04. The molecule has 0 amide bonds. The lowest BCUT2D eigenvalue weighted by molar-refractivity contribution is -0.142. The van der Waals surface area contributed by atoms with Crippen molar-refractivity contribution in [3.8, 4) is 22.6 Å². The molecule has 1 aliphatic rings. The van der Waals surface area contributed by atoms with Crippen LogP contribution in [0.15, 0.2) is 66.7 Å². The summed E-state index contributed by atoms with van der Waals surface area (Å²) in [5, 5.41) is 9.26. The summed E-state index contributed by atoms with van der Waals surface area (Å²) in [4.78, 5) is 24.0. The van der Waals surface area contributed by atoms with Crippen LogP contribution in [0.5, 0.6) is 11.5 Å². The molecule has 37 heavy (non-hydrogen) atoms. The molecule has 0 saturated heterocycles. The zero-order chi connectivity index (χ0) is 26.0. The lowest BCUT2D eigenvalue weighted by atomic mass is 9.84. The monoisotopic (exact) mass is 500 g/mol. The van der Waals surface area contributed by atoms with Gasteiger partial charge in [-0.05, 0) is 84.3 Å². The maximum Gasteiger partial charge on any atom is 0.343 e. The molecule has 5 nitrogen and oxygen atoms in total. The molecule has 0 bridgehead atoms. The zero-order valence-corrected chi connectivity index (χ0v) is 21.6. The molecule has 5 heteroatoms. The SMILES string of the molecule is CCCCCCCCOc1ccc(-c2ccc(C(=O)Oc3ccc4c(c3)CCC(C(=O)O)C4)cc2)cc1. The number of carbonyl (C=O) groups is 2. The Kier molecular flexibility index (Phi) is 9.36. The average Bonchev–Trinajstić information content (AvgIpc) is 2.92. The molecule has 0 heterocycles. The fourth-order valence-corrected chi connectivity index (χ4v) is 4.79. The van der Waals surface area contributed by atoms with E-state index >= 15 is 0 Å². The largest absolute Gasteiger partial charge is 0.494 e. The van der Waals surface area contributed by atoms with Crippen LogP contribution < -0.4 is 9.47 Å². The van der Waals surface area contributed by atoms with E-state index in [1.165, 1.54) is 32.1 Å². The van der Waals surface area contributed by atoms with Crippen LogP contribution in [0.2, 0.25) is 0 Å². The van der Waals surface area contributed by atoms with Gasteiger partial charge in [-0.2, -0.15) is 0 Å². The number of carboxylic acid groups (broad SMARTS) is 1. The van der Waals surface area contributed by atoms with E-state index in [0.29, 0.717) is 30.6 Å². The number of carboxylic acids is 1. The molecule has 0 spiro atoms. The van der Waals surface area contributed by atoms with E-state index < -0.39 is 11.9 Å². The van der Waals surface area contributed by atoms with Gasteiger partial charge in [0, 0.05) is 0 Å². The van der Waals surface area contributed by atoms with Gasteiger partial charge in [0.1, 0.15) is 11.5 Å². The predicted octanol–water partition coefficient (Wildman–Crippen LogP) is 7.50. The van der Waals surface area contributed by atoms with Gasteiger partial charge >= 0.3 is 11.9 Å². The van der Waals surface area contributed by atoms with Crippen molar-refractivity contribution in [3.63, 3.8) is 0 Å². The van der Waals surface area contributed by atoms with Gasteiger partial charge in [-0.1, -0.05) is 69.4 Å². The average molecular weight is 501 g/mol. The molecule has 0 radical (unpaired) electrons. The van der Waals surface area contributed by atoms with E-state index in [4.69, 9.17) is 9.47 Å². The van der Waals surface area contributed by atoms with Gasteiger partial charge in [-0.25, -0.2) is 4.79 Å². The number of hydrogen-bond donors (Lipinski definition) is 1. The minimum atomic E-state index is -0.752. The molecule has 1 N–H and O–H groups in total. The van der Waals surface area contributed by atoms with Crippen LogP contribution in [0, 0.1) is 5.92 Å². The first-order chi connectivity index (χ1) is 18.0. The van der Waals surface area contributed by atoms with Gasteiger partial charge in [-0.15, -0.1) is 0 Å². The van der Waals surface area contributed by atoms with Crippen LogP contribution in [0.25, 0.3) is 11.1 Å². The molecule has 1 atom stereocenters. The first-order valence-electron chi connectivity index (χ1n) is 13.4. The summed E-state index contributed by atoms with van der Waals surface area (Å²) in [6.45, 7) is 2.98. The summed E-state index contributed by atoms with van der Waals surface area (Å²) in [5.41, 5.74) is 4.62. The van der Waals surface area contributed by atoms with Crippen molar-refractivity contribution in [3.05, 3.63) is 83.4 Å². The first kappa shape index (κ1) is 26.5. The highest BCUT2D eigenvalue weighted by Gasteiger charge is 2.24. The molecule has 0 aromatic heterocycles. The van der Waals surface area contributed by atoms with Crippen LogP contribution in [0.3, 0.4) is 0 Å². The van der Waals surface area contributed by atoms with Crippen LogP contribution in [0.4, 0.5) is 0 Å². The lowest BCUT2D eigenvalue weighted by Crippen LogP contribution is -2.22. The molecule has 1 aliphatic carbocycles. The Morgan fingerprint density at radius 3 is 2.16 bits per heavy atom. The normalized spacial score (nSPS) is 14.6. The third-order valence-corrected chi connectivity index (χ3v) is 7.04. The van der Waals surface area contributed by atoms with Gasteiger partial charge in [0.05, 0.1) is 18.1 Å². The molecular formula is C32H36O5. The van der Waals surface area contributed by atoms with E-state index in [2.05, 4.69) is 6.92 Å². The van der Waals surface area contributed by atoms with E-state index in [-0.39, 0.29) is 5.92 Å². The van der Waals surface area contributed by atoms with Crippen molar-refractivity contribution in [2.45, 2.75) is 64.7 Å². The third kappa shape index (κ3) is 7.45. The summed E-state index contributed by atoms with van der Waals surface area (Å²) in [7, 11) is 0. The summed E-state index contributed by atoms with van der Waals surface area (Å²) in [5.74, 6) is -0.144. The first-order valence-corrected chi connectivity index (χ1v) is 13.4. The number of carbonyl (C=O) groups excluding carboxylic acids is 1. The molecule has 1 unspecified atom stereocenters. The van der Waals surface area contributed by atoms with Crippen LogP contribution >= 0.6 is 0 Å². The van der Waals surface area contributed by atoms with E-state index in [0.717, 1.165) is 41.0 Å². The quantitative estimate of drug-likeness (QED) is 0.158. The number of rotatable bonds is 12. The molecular weight excluding hydrogens is 464 g/mol. The van der Waals surface area contributed by atoms with Crippen molar-refractivity contribution >= 4 is 11.9 Å². The summed E-state index contributed by atoms with van der Waals surface area (Å²) in [6.07, 6.45) is 9.27. The Labute approximate surface area is 219 Å². The van der Waals surface area contributed by atoms with Crippen molar-refractivity contribution in [2.24, 2.45) is 5.92 Å². The Morgan fingerprint density at radius 2 is 1.46 bits per heavy atom. The van der Waals surface area contributed by atoms with Crippen LogP contribution in [0.1, 0.15) is 73.4 Å². The van der Waals surface area contributed by atoms with Gasteiger partial charge in [0.2, 0.25) is 0 Å². The minimum absolute atomic E-state index is 0.340. The summed E-state index contributed by atoms with van der Waals surface area (Å²) in [6, 6.07) is 20.9. The van der Waals surface area contributed by atoms with Crippen LogP contribution in [-0.2, 0) is 17.6 Å². The van der Waals surface area contributed by atoms with Gasteiger partial charge in [0.25, 0.3) is 0 Å². The minimum Gasteiger partial charge on any atom is -0.494 e. The number of aliphatic carboxylic acids is 1. The van der Waals surface area contributed by atoms with Crippen molar-refractivity contribution < 1.29 is 24.2 Å². The molecule has 0 fully saturated rings. The Morgan fingerprint density at radius 1 is 0.811 bits per heavy atom. The Bertz CT molecular complexity index is 1180. The highest BCUT2D eigenvalue weighted by molar-refractivity contribution is 5.91. The smallest absolute Gasteiger partial charge is 0.343 e. The number of fused-ring (bicyclic) bond motifs is 1. The fraction of sp³-hybridized carbons (Fsp3) is 0.375. The number of aryl methyl sites for hydroxylation is 1. The molecule has 194 valence electrons. The highest BCUT2D eigenvalue weighted by Crippen LogP contribution is 2.29. The standard InChI is InChI=1S/C32H36O5/c1-2-3-4-5-6-7-20-36-29-17-14-24(15-18-29)23-8-10-25(11-9-23)32(35)37-30-19-16-26-21-28(31(33)34)13-12-27(26)22-30/h8-11,14-19,22,28H,2-7,12-13,20-21H2,1H3,(H,33,34). The van der Waals surface area contributed by atoms with Gasteiger partial charge < -0.3 is 14.6 Å². The van der Waals surface area contributed by atoms with Crippen molar-refractivity contribution in [1.29, 1.82) is 0 Å². The van der Waals surface area contributed by atoms with E-state index in [1.54, 1.807) is 18.2 Å². The van der Waals surface area contributed by atoms with E-state index in [1.807, 2.05) is 48.5 Å². The van der Waals surface area contributed by atoms with Gasteiger partial charge in [0.15, 0.2) is 0 Å². The second kappa shape index (κ2) is 13.1. The fourth-order valence-electron chi connectivity index (χ4n) is 4.79. The number of benzene rings is 3. The van der Waals surface area contributed by atoms with Gasteiger partial charge in [-0.3, -0.25) is 4.79 Å². The van der Waals surface area contributed by atoms with Crippen molar-refractivity contribution in [1.82, 2.24) is 0 Å². The predicted molar refractivity (Wildman–Crippen MR) is 145 cm³/mol. The topological polar surface area (TPSA) is 72.8 Å².